The molecule has 0 bridgehead atoms. The van der Waals surface area contributed by atoms with Crippen molar-refractivity contribution in [3.05, 3.63) is 18.0 Å². The average Bonchev–Trinajstić information content (AvgIpc) is 2.63. The quantitative estimate of drug-likeness (QED) is 0.795. The molecule has 0 aliphatic rings. The van der Waals surface area contributed by atoms with Crippen LogP contribution in [0.5, 0.6) is 0 Å². The van der Waals surface area contributed by atoms with E-state index < -0.39 is 11.5 Å². The maximum absolute atomic E-state index is 11.9. The van der Waals surface area contributed by atoms with Gasteiger partial charge in [0.2, 0.25) is 0 Å². The number of nitrogens with zero attached hydrogens (tertiary/aromatic N) is 2. The van der Waals surface area contributed by atoms with E-state index in [2.05, 4.69) is 10.4 Å². The third-order valence-corrected chi connectivity index (χ3v) is 2.70. The molecule has 0 unspecified atom stereocenters. The lowest BCUT2D eigenvalue weighted by atomic mass is 9.94. The van der Waals surface area contributed by atoms with Crippen molar-refractivity contribution in [3.8, 4) is 0 Å². The Morgan fingerprint density at radius 2 is 2.24 bits per heavy atom. The molecule has 94 valence electrons. The Labute approximate surface area is 99.6 Å². The standard InChI is InChI=1S/C11H17N3O3/c1-4-11(2,5-9(15)16)13-10(17)8-6-12-14(3)7-8/h6-7H,4-5H2,1-3H3,(H,13,17)(H,15,16)/t11-/m1/s1. The lowest BCUT2D eigenvalue weighted by Gasteiger charge is -2.27. The molecule has 0 aliphatic carbocycles. The molecule has 0 saturated carbocycles. The number of hydrogen-bond acceptors (Lipinski definition) is 3. The fraction of sp³-hybridized carbons (Fsp3) is 0.545. The Morgan fingerprint density at radius 3 is 2.65 bits per heavy atom. The van der Waals surface area contributed by atoms with Crippen LogP contribution in [0.25, 0.3) is 0 Å². The van der Waals surface area contributed by atoms with Crippen molar-refractivity contribution in [2.24, 2.45) is 7.05 Å². The first-order chi connectivity index (χ1) is 7.86. The molecule has 1 amide bonds. The van der Waals surface area contributed by atoms with E-state index in [1.807, 2.05) is 6.92 Å². The van der Waals surface area contributed by atoms with Gasteiger partial charge >= 0.3 is 5.97 Å². The summed E-state index contributed by atoms with van der Waals surface area (Å²) in [6.07, 6.45) is 3.49. The van der Waals surface area contributed by atoms with E-state index in [0.717, 1.165) is 0 Å². The summed E-state index contributed by atoms with van der Waals surface area (Å²) in [7, 11) is 1.72. The first-order valence-electron chi connectivity index (χ1n) is 5.39. The summed E-state index contributed by atoms with van der Waals surface area (Å²) in [5.74, 6) is -1.23. The predicted octanol–water partition coefficient (Wildman–Crippen LogP) is 0.793. The van der Waals surface area contributed by atoms with Gasteiger partial charge in [-0.05, 0) is 13.3 Å². The van der Waals surface area contributed by atoms with Gasteiger partial charge in [0.25, 0.3) is 5.91 Å². The highest BCUT2D eigenvalue weighted by Gasteiger charge is 2.28. The molecule has 6 heteroatoms. The summed E-state index contributed by atoms with van der Waals surface area (Å²) in [6.45, 7) is 3.56. The van der Waals surface area contributed by atoms with Gasteiger partial charge in [-0.3, -0.25) is 14.3 Å². The second-order valence-electron chi connectivity index (χ2n) is 4.34. The number of hydrogen-bond donors (Lipinski definition) is 2. The number of nitrogens with one attached hydrogen (secondary N) is 1. The van der Waals surface area contributed by atoms with Crippen molar-refractivity contribution in [2.75, 3.05) is 0 Å². The molecule has 1 rings (SSSR count). The Hall–Kier alpha value is -1.85. The van der Waals surface area contributed by atoms with Gasteiger partial charge in [0.05, 0.1) is 18.2 Å². The molecule has 17 heavy (non-hydrogen) atoms. The predicted molar refractivity (Wildman–Crippen MR) is 61.6 cm³/mol. The lowest BCUT2D eigenvalue weighted by molar-refractivity contribution is -0.138. The molecule has 0 aromatic carbocycles. The third kappa shape index (κ3) is 3.58. The number of carboxylic acids is 1. The fourth-order valence-corrected chi connectivity index (χ4v) is 1.48. The van der Waals surface area contributed by atoms with Gasteiger partial charge in [-0.1, -0.05) is 6.92 Å². The molecule has 0 fully saturated rings. The van der Waals surface area contributed by atoms with E-state index in [1.165, 1.54) is 10.9 Å². The molecule has 2 N–H and O–H groups in total. The average molecular weight is 239 g/mol. The molecule has 1 aromatic heterocycles. The van der Waals surface area contributed by atoms with Crippen LogP contribution < -0.4 is 5.32 Å². The van der Waals surface area contributed by atoms with Crippen molar-refractivity contribution in [1.29, 1.82) is 0 Å². The van der Waals surface area contributed by atoms with Crippen molar-refractivity contribution in [2.45, 2.75) is 32.2 Å². The highest BCUT2D eigenvalue weighted by Crippen LogP contribution is 2.15. The summed E-state index contributed by atoms with van der Waals surface area (Å²) in [5, 5.41) is 15.4. The van der Waals surface area contributed by atoms with Gasteiger partial charge in [-0.25, -0.2) is 0 Å². The lowest BCUT2D eigenvalue weighted by Crippen LogP contribution is -2.46. The molecule has 6 nitrogen and oxygen atoms in total. The first kappa shape index (κ1) is 13.2. The van der Waals surface area contributed by atoms with Crippen LogP contribution in [0.1, 0.15) is 37.0 Å². The van der Waals surface area contributed by atoms with Gasteiger partial charge in [0.15, 0.2) is 0 Å². The van der Waals surface area contributed by atoms with Crippen LogP contribution >= 0.6 is 0 Å². The van der Waals surface area contributed by atoms with E-state index in [-0.39, 0.29) is 12.3 Å². The van der Waals surface area contributed by atoms with Crippen molar-refractivity contribution in [3.63, 3.8) is 0 Å². The van der Waals surface area contributed by atoms with Gasteiger partial charge in [-0.15, -0.1) is 0 Å². The number of rotatable bonds is 5. The largest absolute Gasteiger partial charge is 0.481 e. The van der Waals surface area contributed by atoms with E-state index in [9.17, 15) is 9.59 Å². The number of carbonyl (C=O) groups is 2. The fourth-order valence-electron chi connectivity index (χ4n) is 1.48. The molecular formula is C11H17N3O3. The molecule has 0 saturated heterocycles. The number of aliphatic carboxylic acids is 1. The highest BCUT2D eigenvalue weighted by molar-refractivity contribution is 5.94. The molecule has 0 spiro atoms. The number of carbonyl (C=O) groups excluding carboxylic acids is 1. The number of aryl methyl sites for hydroxylation is 1. The van der Waals surface area contributed by atoms with Crippen LogP contribution in [0.2, 0.25) is 0 Å². The molecule has 1 aromatic rings. The third-order valence-electron chi connectivity index (χ3n) is 2.70. The Kier molecular flexibility index (Phi) is 3.88. The van der Waals surface area contributed by atoms with Gasteiger partial charge in [-0.2, -0.15) is 5.10 Å². The van der Waals surface area contributed by atoms with Crippen LogP contribution in [0.4, 0.5) is 0 Å². The second-order valence-corrected chi connectivity index (χ2v) is 4.34. The zero-order chi connectivity index (χ0) is 13.1. The van der Waals surface area contributed by atoms with Crippen molar-refractivity contribution >= 4 is 11.9 Å². The number of amides is 1. The Balaban J connectivity index is 2.74. The summed E-state index contributed by atoms with van der Waals surface area (Å²) >= 11 is 0. The first-order valence-corrected chi connectivity index (χ1v) is 5.39. The minimum atomic E-state index is -0.930. The summed E-state index contributed by atoms with van der Waals surface area (Å²) in [6, 6.07) is 0. The summed E-state index contributed by atoms with van der Waals surface area (Å²) < 4.78 is 1.52. The maximum atomic E-state index is 11.9. The minimum absolute atomic E-state index is 0.102. The smallest absolute Gasteiger partial charge is 0.305 e. The Morgan fingerprint density at radius 1 is 1.59 bits per heavy atom. The molecular weight excluding hydrogens is 222 g/mol. The molecule has 1 atom stereocenters. The van der Waals surface area contributed by atoms with E-state index in [4.69, 9.17) is 5.11 Å². The number of aromatic nitrogens is 2. The Bertz CT molecular complexity index is 427. The molecule has 1 heterocycles. The monoisotopic (exact) mass is 239 g/mol. The van der Waals surface area contributed by atoms with Crippen molar-refractivity contribution < 1.29 is 14.7 Å². The normalized spacial score (nSPS) is 14.1. The number of carboxylic acid groups (broad SMARTS) is 1. The van der Waals surface area contributed by atoms with E-state index in [1.54, 1.807) is 20.2 Å². The minimum Gasteiger partial charge on any atom is -0.481 e. The molecule has 0 radical (unpaired) electrons. The van der Waals surface area contributed by atoms with Crippen LogP contribution in [0, 0.1) is 0 Å². The van der Waals surface area contributed by atoms with E-state index in [0.29, 0.717) is 12.0 Å². The van der Waals surface area contributed by atoms with Gasteiger partial charge in [0.1, 0.15) is 0 Å². The van der Waals surface area contributed by atoms with Crippen LogP contribution in [-0.2, 0) is 11.8 Å². The zero-order valence-corrected chi connectivity index (χ0v) is 10.2. The van der Waals surface area contributed by atoms with Crippen LogP contribution in [-0.4, -0.2) is 32.3 Å². The maximum Gasteiger partial charge on any atom is 0.305 e. The van der Waals surface area contributed by atoms with Crippen molar-refractivity contribution in [1.82, 2.24) is 15.1 Å². The van der Waals surface area contributed by atoms with Gasteiger partial charge in [0, 0.05) is 18.8 Å². The zero-order valence-electron chi connectivity index (χ0n) is 10.2. The SMILES string of the molecule is CC[C@](C)(CC(=O)O)NC(=O)c1cnn(C)c1. The topological polar surface area (TPSA) is 84.2 Å². The van der Waals surface area contributed by atoms with Gasteiger partial charge < -0.3 is 10.4 Å². The highest BCUT2D eigenvalue weighted by atomic mass is 16.4. The summed E-state index contributed by atoms with van der Waals surface area (Å²) in [5.41, 5.74) is -0.309. The van der Waals surface area contributed by atoms with Crippen LogP contribution in [0.15, 0.2) is 12.4 Å². The molecule has 0 aliphatic heterocycles. The van der Waals surface area contributed by atoms with Crippen LogP contribution in [0.3, 0.4) is 0 Å². The summed E-state index contributed by atoms with van der Waals surface area (Å²) in [4.78, 5) is 22.6. The second kappa shape index (κ2) is 4.99. The van der Waals surface area contributed by atoms with E-state index >= 15 is 0 Å².